The van der Waals surface area contributed by atoms with E-state index in [1.165, 1.54) is 37.2 Å². The summed E-state index contributed by atoms with van der Waals surface area (Å²) in [7, 11) is 0. The zero-order valence-corrected chi connectivity index (χ0v) is 14.4. The Hall–Kier alpha value is -1.06. The summed E-state index contributed by atoms with van der Waals surface area (Å²) in [4.78, 5) is 5.17. The van der Waals surface area contributed by atoms with Crippen molar-refractivity contribution in [2.24, 2.45) is 5.41 Å². The van der Waals surface area contributed by atoms with Gasteiger partial charge in [-0.3, -0.25) is 4.90 Å². The van der Waals surface area contributed by atoms with Crippen LogP contribution in [0.2, 0.25) is 0 Å². The van der Waals surface area contributed by atoms with Crippen LogP contribution in [0.15, 0.2) is 24.3 Å². The molecule has 2 fully saturated rings. The van der Waals surface area contributed by atoms with Gasteiger partial charge in [-0.1, -0.05) is 32.9 Å². The van der Waals surface area contributed by atoms with Gasteiger partial charge in [0.1, 0.15) is 0 Å². The van der Waals surface area contributed by atoms with Crippen molar-refractivity contribution in [3.05, 3.63) is 29.8 Å². The molecule has 3 nitrogen and oxygen atoms in total. The number of piperazine rings is 1. The molecule has 0 radical (unpaired) electrons. The number of hydrogen-bond acceptors (Lipinski definition) is 3. The molecule has 0 bridgehead atoms. The minimum atomic E-state index is 0.256. The van der Waals surface area contributed by atoms with Crippen molar-refractivity contribution in [3.8, 4) is 0 Å². The fourth-order valence-corrected chi connectivity index (χ4v) is 4.04. The topological polar surface area (TPSA) is 18.5 Å². The van der Waals surface area contributed by atoms with Gasteiger partial charge in [0.25, 0.3) is 0 Å². The lowest BCUT2D eigenvalue weighted by molar-refractivity contribution is 0.0862. The summed E-state index contributed by atoms with van der Waals surface area (Å²) in [6.07, 6.45) is 2.68. The number of hydrogen-bond donors (Lipinski definition) is 1. The molecule has 2 aliphatic rings. The van der Waals surface area contributed by atoms with E-state index < -0.39 is 0 Å². The maximum Gasteiger partial charge on any atom is 0.0397 e. The lowest BCUT2D eigenvalue weighted by atomic mass is 9.81. The van der Waals surface area contributed by atoms with E-state index in [4.69, 9.17) is 0 Å². The molecule has 0 unspecified atom stereocenters. The fourth-order valence-electron chi connectivity index (χ4n) is 4.04. The predicted octanol–water partition coefficient (Wildman–Crippen LogP) is 3.28. The molecule has 22 heavy (non-hydrogen) atoms. The summed E-state index contributed by atoms with van der Waals surface area (Å²) in [5.41, 5.74) is 3.12. The Morgan fingerprint density at radius 1 is 0.909 bits per heavy atom. The molecule has 0 aromatic heterocycles. The van der Waals surface area contributed by atoms with Crippen LogP contribution >= 0.6 is 0 Å². The molecule has 0 amide bonds. The third-order valence-corrected chi connectivity index (χ3v) is 5.02. The van der Waals surface area contributed by atoms with Gasteiger partial charge in [0.05, 0.1) is 0 Å². The highest BCUT2D eigenvalue weighted by Gasteiger charge is 2.32. The fraction of sp³-hybridized carbons (Fsp3) is 0.684. The van der Waals surface area contributed by atoms with Crippen LogP contribution in [0.25, 0.3) is 0 Å². The van der Waals surface area contributed by atoms with Crippen LogP contribution in [0.4, 0.5) is 5.69 Å². The van der Waals surface area contributed by atoms with E-state index in [1.54, 1.807) is 0 Å². The summed E-state index contributed by atoms with van der Waals surface area (Å²) in [6.45, 7) is 14.1. The maximum absolute atomic E-state index is 3.47. The number of nitrogens with zero attached hydrogens (tertiary/aromatic N) is 2. The lowest BCUT2D eigenvalue weighted by Gasteiger charge is -2.42. The van der Waals surface area contributed by atoms with Gasteiger partial charge in [-0.15, -0.1) is 0 Å². The summed E-state index contributed by atoms with van der Waals surface area (Å²) < 4.78 is 0. The number of rotatable bonds is 3. The van der Waals surface area contributed by atoms with Gasteiger partial charge in [-0.2, -0.15) is 0 Å². The quantitative estimate of drug-likeness (QED) is 0.924. The number of benzene rings is 1. The van der Waals surface area contributed by atoms with E-state index in [1.807, 2.05) is 0 Å². The molecule has 3 heteroatoms. The second-order valence-electron chi connectivity index (χ2n) is 7.84. The van der Waals surface area contributed by atoms with Crippen LogP contribution in [0.1, 0.15) is 45.2 Å². The average molecular weight is 301 g/mol. The van der Waals surface area contributed by atoms with E-state index in [-0.39, 0.29) is 5.41 Å². The van der Waals surface area contributed by atoms with Crippen molar-refractivity contribution >= 4 is 5.69 Å². The Balaban J connectivity index is 1.81. The largest absolute Gasteiger partial charge is 0.372 e. The van der Waals surface area contributed by atoms with Crippen molar-refractivity contribution in [2.45, 2.75) is 39.7 Å². The van der Waals surface area contributed by atoms with Crippen LogP contribution in [0.5, 0.6) is 0 Å². The van der Waals surface area contributed by atoms with Crippen molar-refractivity contribution < 1.29 is 0 Å². The van der Waals surface area contributed by atoms with E-state index in [0.717, 1.165) is 26.2 Å². The van der Waals surface area contributed by atoms with Crippen LogP contribution in [0.3, 0.4) is 0 Å². The monoisotopic (exact) mass is 301 g/mol. The van der Waals surface area contributed by atoms with Crippen LogP contribution in [-0.2, 0) is 0 Å². The zero-order chi connectivity index (χ0) is 15.6. The van der Waals surface area contributed by atoms with Gasteiger partial charge in [0.15, 0.2) is 0 Å². The molecule has 2 heterocycles. The highest BCUT2D eigenvalue weighted by molar-refractivity contribution is 5.48. The SMILES string of the molecule is CC(C)(C)[C@@H](c1ccc(N2CCCC2)cc1)N1CCNCC1. The van der Waals surface area contributed by atoms with E-state index >= 15 is 0 Å². The van der Waals surface area contributed by atoms with Crippen LogP contribution < -0.4 is 10.2 Å². The minimum absolute atomic E-state index is 0.256. The highest BCUT2D eigenvalue weighted by atomic mass is 15.2. The van der Waals surface area contributed by atoms with Gasteiger partial charge in [-0.05, 0) is 36.0 Å². The average Bonchev–Trinajstić information content (AvgIpc) is 3.02. The van der Waals surface area contributed by atoms with Gasteiger partial charge in [0.2, 0.25) is 0 Å². The van der Waals surface area contributed by atoms with Crippen LogP contribution in [0, 0.1) is 5.41 Å². The van der Waals surface area contributed by atoms with Gasteiger partial charge < -0.3 is 10.2 Å². The molecular weight excluding hydrogens is 270 g/mol. The molecule has 3 rings (SSSR count). The van der Waals surface area contributed by atoms with E-state index in [2.05, 4.69) is 60.2 Å². The number of nitrogens with one attached hydrogen (secondary N) is 1. The van der Waals surface area contributed by atoms with Crippen molar-refractivity contribution in [3.63, 3.8) is 0 Å². The Labute approximate surface area is 135 Å². The molecular formula is C19H31N3. The zero-order valence-electron chi connectivity index (χ0n) is 14.4. The first-order valence-electron chi connectivity index (χ1n) is 8.85. The second-order valence-corrected chi connectivity index (χ2v) is 7.84. The molecule has 1 aromatic rings. The van der Waals surface area contributed by atoms with E-state index in [0.29, 0.717) is 6.04 Å². The Morgan fingerprint density at radius 3 is 2.05 bits per heavy atom. The van der Waals surface area contributed by atoms with E-state index in [9.17, 15) is 0 Å². The number of anilines is 1. The first kappa shape index (κ1) is 15.8. The van der Waals surface area contributed by atoms with Gasteiger partial charge in [0, 0.05) is 51.0 Å². The maximum atomic E-state index is 3.47. The third kappa shape index (κ3) is 3.47. The highest BCUT2D eigenvalue weighted by Crippen LogP contribution is 2.38. The first-order valence-corrected chi connectivity index (χ1v) is 8.85. The van der Waals surface area contributed by atoms with Gasteiger partial charge >= 0.3 is 0 Å². The Kier molecular flexibility index (Phi) is 4.74. The summed E-state index contributed by atoms with van der Waals surface area (Å²) in [5, 5.41) is 3.47. The molecule has 0 spiro atoms. The summed E-state index contributed by atoms with van der Waals surface area (Å²) in [5.74, 6) is 0. The molecule has 2 aliphatic heterocycles. The van der Waals surface area contributed by atoms with Crippen molar-refractivity contribution in [1.82, 2.24) is 10.2 Å². The van der Waals surface area contributed by atoms with Gasteiger partial charge in [-0.25, -0.2) is 0 Å². The predicted molar refractivity (Wildman–Crippen MR) is 94.5 cm³/mol. The lowest BCUT2D eigenvalue weighted by Crippen LogP contribution is -2.48. The Bertz CT molecular complexity index is 462. The molecule has 1 atom stereocenters. The standard InChI is InChI=1S/C19H31N3/c1-19(2,3)18(22-14-10-20-11-15-22)16-6-8-17(9-7-16)21-12-4-5-13-21/h6-9,18,20H,4-5,10-15H2,1-3H3/t18-/m1/s1. The molecule has 1 N–H and O–H groups in total. The summed E-state index contributed by atoms with van der Waals surface area (Å²) >= 11 is 0. The summed E-state index contributed by atoms with van der Waals surface area (Å²) in [6, 6.07) is 9.91. The normalized spacial score (nSPS) is 22.0. The smallest absolute Gasteiger partial charge is 0.0397 e. The molecule has 2 saturated heterocycles. The molecule has 0 aliphatic carbocycles. The Morgan fingerprint density at radius 2 is 1.50 bits per heavy atom. The molecule has 122 valence electrons. The second kappa shape index (κ2) is 6.59. The molecule has 0 saturated carbocycles. The van der Waals surface area contributed by atoms with Crippen LogP contribution in [-0.4, -0.2) is 44.2 Å². The first-order chi connectivity index (χ1) is 10.6. The molecule has 1 aromatic carbocycles. The minimum Gasteiger partial charge on any atom is -0.372 e. The third-order valence-electron chi connectivity index (χ3n) is 5.02. The van der Waals surface area contributed by atoms with Crippen molar-refractivity contribution in [1.29, 1.82) is 0 Å². The van der Waals surface area contributed by atoms with Crippen molar-refractivity contribution in [2.75, 3.05) is 44.2 Å².